The van der Waals surface area contributed by atoms with Crippen LogP contribution in [-0.4, -0.2) is 33.2 Å². The minimum absolute atomic E-state index is 0.196. The predicted octanol–water partition coefficient (Wildman–Crippen LogP) is 2.04. The Morgan fingerprint density at radius 2 is 2.05 bits per heavy atom. The van der Waals surface area contributed by atoms with E-state index < -0.39 is 0 Å². The molecule has 1 saturated heterocycles. The quantitative estimate of drug-likeness (QED) is 0.918. The molecule has 1 unspecified atom stereocenters. The van der Waals surface area contributed by atoms with Crippen molar-refractivity contribution in [2.24, 2.45) is 5.92 Å². The van der Waals surface area contributed by atoms with Gasteiger partial charge in [0.1, 0.15) is 12.4 Å². The number of nitrogen functional groups attached to an aromatic ring is 1. The standard InChI is InChI=1S/C15H24N4O/c16-14-8-10-18(17-14)11-15(20)19-9-4-7-13(19)12-5-2-1-3-6-12/h8,10,12-13H,1-7,9,11H2,(H2,16,17). The lowest BCUT2D eigenvalue weighted by Gasteiger charge is -2.34. The van der Waals surface area contributed by atoms with Crippen LogP contribution in [-0.2, 0) is 11.3 Å². The molecule has 0 bridgehead atoms. The van der Waals surface area contributed by atoms with Gasteiger partial charge in [0, 0.05) is 18.8 Å². The highest BCUT2D eigenvalue weighted by Crippen LogP contribution is 2.34. The minimum atomic E-state index is 0.196. The van der Waals surface area contributed by atoms with Crippen molar-refractivity contribution in [3.05, 3.63) is 12.3 Å². The molecule has 0 spiro atoms. The molecule has 1 saturated carbocycles. The number of likely N-dealkylation sites (tertiary alicyclic amines) is 1. The number of hydrogen-bond acceptors (Lipinski definition) is 3. The zero-order valence-corrected chi connectivity index (χ0v) is 12.0. The average molecular weight is 276 g/mol. The fourth-order valence-corrected chi connectivity index (χ4v) is 3.81. The molecular weight excluding hydrogens is 252 g/mol. The third-order valence-electron chi connectivity index (χ3n) is 4.77. The number of amides is 1. The maximum atomic E-state index is 12.5. The molecular formula is C15H24N4O. The van der Waals surface area contributed by atoms with Crippen molar-refractivity contribution in [2.45, 2.75) is 57.5 Å². The molecule has 1 aliphatic carbocycles. The van der Waals surface area contributed by atoms with Gasteiger partial charge in [-0.3, -0.25) is 9.48 Å². The van der Waals surface area contributed by atoms with Crippen molar-refractivity contribution >= 4 is 11.7 Å². The van der Waals surface area contributed by atoms with Gasteiger partial charge in [0.25, 0.3) is 0 Å². The van der Waals surface area contributed by atoms with Gasteiger partial charge in [0.15, 0.2) is 0 Å². The molecule has 2 N–H and O–H groups in total. The van der Waals surface area contributed by atoms with Gasteiger partial charge < -0.3 is 10.6 Å². The monoisotopic (exact) mass is 276 g/mol. The molecule has 110 valence electrons. The Morgan fingerprint density at radius 3 is 2.75 bits per heavy atom. The van der Waals surface area contributed by atoms with Gasteiger partial charge in [-0.05, 0) is 37.7 Å². The van der Waals surface area contributed by atoms with Crippen LogP contribution in [0.3, 0.4) is 0 Å². The van der Waals surface area contributed by atoms with Crippen LogP contribution in [0.4, 0.5) is 5.82 Å². The van der Waals surface area contributed by atoms with Crippen LogP contribution in [0.25, 0.3) is 0 Å². The lowest BCUT2D eigenvalue weighted by Crippen LogP contribution is -2.42. The van der Waals surface area contributed by atoms with Gasteiger partial charge in [-0.2, -0.15) is 5.10 Å². The van der Waals surface area contributed by atoms with E-state index in [1.54, 1.807) is 16.9 Å². The third-order valence-corrected chi connectivity index (χ3v) is 4.77. The Bertz CT molecular complexity index is 464. The number of nitrogens with two attached hydrogens (primary N) is 1. The van der Waals surface area contributed by atoms with E-state index in [0.717, 1.165) is 18.9 Å². The van der Waals surface area contributed by atoms with Gasteiger partial charge >= 0.3 is 0 Å². The highest BCUT2D eigenvalue weighted by molar-refractivity contribution is 5.76. The van der Waals surface area contributed by atoms with Crippen LogP contribution >= 0.6 is 0 Å². The number of carbonyl (C=O) groups excluding carboxylic acids is 1. The molecule has 3 rings (SSSR count). The van der Waals surface area contributed by atoms with Crippen molar-refractivity contribution in [3.63, 3.8) is 0 Å². The lowest BCUT2D eigenvalue weighted by molar-refractivity contribution is -0.134. The summed E-state index contributed by atoms with van der Waals surface area (Å²) in [6.07, 6.45) is 10.7. The maximum absolute atomic E-state index is 12.5. The van der Waals surface area contributed by atoms with Crippen LogP contribution in [0.15, 0.2) is 12.3 Å². The summed E-state index contributed by atoms with van der Waals surface area (Å²) in [6.45, 7) is 1.23. The summed E-state index contributed by atoms with van der Waals surface area (Å²) in [4.78, 5) is 14.6. The molecule has 0 radical (unpaired) electrons. The van der Waals surface area contributed by atoms with Crippen molar-refractivity contribution in [2.75, 3.05) is 12.3 Å². The average Bonchev–Trinajstić information content (AvgIpc) is 3.09. The smallest absolute Gasteiger partial charge is 0.244 e. The molecule has 2 aliphatic rings. The number of nitrogens with zero attached hydrogens (tertiary/aromatic N) is 3. The summed E-state index contributed by atoms with van der Waals surface area (Å²) < 4.78 is 1.65. The summed E-state index contributed by atoms with van der Waals surface area (Å²) in [5.41, 5.74) is 5.60. The molecule has 2 heterocycles. The molecule has 5 heteroatoms. The van der Waals surface area contributed by atoms with Gasteiger partial charge in [0.05, 0.1) is 0 Å². The van der Waals surface area contributed by atoms with Gasteiger partial charge in [-0.25, -0.2) is 0 Å². The zero-order chi connectivity index (χ0) is 13.9. The normalized spacial score (nSPS) is 24.2. The Kier molecular flexibility index (Phi) is 3.94. The number of aromatic nitrogens is 2. The summed E-state index contributed by atoms with van der Waals surface area (Å²) in [5, 5.41) is 4.11. The molecule has 20 heavy (non-hydrogen) atoms. The highest BCUT2D eigenvalue weighted by atomic mass is 16.2. The van der Waals surface area contributed by atoms with E-state index in [4.69, 9.17) is 5.73 Å². The van der Waals surface area contributed by atoms with E-state index in [1.165, 1.54) is 38.5 Å². The Hall–Kier alpha value is -1.52. The van der Waals surface area contributed by atoms with E-state index in [-0.39, 0.29) is 5.91 Å². The fraction of sp³-hybridized carbons (Fsp3) is 0.733. The van der Waals surface area contributed by atoms with Crippen molar-refractivity contribution in [3.8, 4) is 0 Å². The van der Waals surface area contributed by atoms with E-state index in [0.29, 0.717) is 18.4 Å². The van der Waals surface area contributed by atoms with Gasteiger partial charge in [0.2, 0.25) is 5.91 Å². The Labute approximate surface area is 120 Å². The van der Waals surface area contributed by atoms with Crippen LogP contribution in [0.1, 0.15) is 44.9 Å². The maximum Gasteiger partial charge on any atom is 0.244 e. The summed E-state index contributed by atoms with van der Waals surface area (Å²) in [7, 11) is 0. The second-order valence-electron chi connectivity index (χ2n) is 6.13. The number of rotatable bonds is 3. The van der Waals surface area contributed by atoms with E-state index in [9.17, 15) is 4.79 Å². The van der Waals surface area contributed by atoms with Crippen LogP contribution in [0.2, 0.25) is 0 Å². The van der Waals surface area contributed by atoms with E-state index >= 15 is 0 Å². The minimum Gasteiger partial charge on any atom is -0.382 e. The molecule has 1 atom stereocenters. The number of hydrogen-bond donors (Lipinski definition) is 1. The number of anilines is 1. The molecule has 1 amide bonds. The second-order valence-corrected chi connectivity index (χ2v) is 6.13. The zero-order valence-electron chi connectivity index (χ0n) is 12.0. The molecule has 2 fully saturated rings. The van der Waals surface area contributed by atoms with E-state index in [1.807, 2.05) is 0 Å². The topological polar surface area (TPSA) is 64.2 Å². The highest BCUT2D eigenvalue weighted by Gasteiger charge is 2.34. The van der Waals surface area contributed by atoms with Crippen LogP contribution in [0, 0.1) is 5.92 Å². The number of carbonyl (C=O) groups is 1. The molecule has 0 aromatic carbocycles. The summed E-state index contributed by atoms with van der Waals surface area (Å²) >= 11 is 0. The first kappa shape index (κ1) is 13.5. The predicted molar refractivity (Wildman–Crippen MR) is 77.9 cm³/mol. The molecule has 1 aliphatic heterocycles. The van der Waals surface area contributed by atoms with Gasteiger partial charge in [-0.1, -0.05) is 19.3 Å². The molecule has 1 aromatic rings. The largest absolute Gasteiger partial charge is 0.382 e. The Balaban J connectivity index is 1.63. The summed E-state index contributed by atoms with van der Waals surface area (Å²) in [5.74, 6) is 1.39. The second kappa shape index (κ2) is 5.85. The van der Waals surface area contributed by atoms with Crippen molar-refractivity contribution < 1.29 is 4.79 Å². The third kappa shape index (κ3) is 2.81. The van der Waals surface area contributed by atoms with Crippen molar-refractivity contribution in [1.82, 2.24) is 14.7 Å². The first-order valence-electron chi connectivity index (χ1n) is 7.82. The van der Waals surface area contributed by atoms with Gasteiger partial charge in [-0.15, -0.1) is 0 Å². The lowest BCUT2D eigenvalue weighted by atomic mass is 9.83. The SMILES string of the molecule is Nc1ccn(CC(=O)N2CCCC2C2CCCCC2)n1. The van der Waals surface area contributed by atoms with Crippen LogP contribution in [0.5, 0.6) is 0 Å². The first-order chi connectivity index (χ1) is 9.74. The van der Waals surface area contributed by atoms with E-state index in [2.05, 4.69) is 10.00 Å². The fourth-order valence-electron chi connectivity index (χ4n) is 3.81. The first-order valence-corrected chi connectivity index (χ1v) is 7.82. The van der Waals surface area contributed by atoms with Crippen LogP contribution < -0.4 is 5.73 Å². The molecule has 5 nitrogen and oxygen atoms in total. The van der Waals surface area contributed by atoms with Crippen molar-refractivity contribution in [1.29, 1.82) is 0 Å². The summed E-state index contributed by atoms with van der Waals surface area (Å²) in [6, 6.07) is 2.20. The Morgan fingerprint density at radius 1 is 1.25 bits per heavy atom. The molecule has 1 aromatic heterocycles.